The van der Waals surface area contributed by atoms with Crippen molar-refractivity contribution < 1.29 is 0 Å². The molecule has 1 fully saturated rings. The van der Waals surface area contributed by atoms with Crippen LogP contribution in [0, 0.1) is 6.92 Å². The number of piperidine rings is 1. The van der Waals surface area contributed by atoms with Gasteiger partial charge in [-0.15, -0.1) is 11.3 Å². The molecule has 0 bridgehead atoms. The van der Waals surface area contributed by atoms with E-state index in [9.17, 15) is 0 Å². The van der Waals surface area contributed by atoms with Crippen molar-refractivity contribution in [2.45, 2.75) is 64.6 Å². The first-order valence-electron chi connectivity index (χ1n) is 9.60. The second kappa shape index (κ2) is 6.57. The van der Waals surface area contributed by atoms with Crippen molar-refractivity contribution in [2.75, 3.05) is 5.32 Å². The molecule has 27 heavy (non-hydrogen) atoms. The van der Waals surface area contributed by atoms with Crippen molar-refractivity contribution in [1.29, 1.82) is 0 Å². The quantitative estimate of drug-likeness (QED) is 0.640. The van der Waals surface area contributed by atoms with Crippen LogP contribution in [0.5, 0.6) is 0 Å². The summed E-state index contributed by atoms with van der Waals surface area (Å²) in [5.41, 5.74) is 2.62. The second-order valence-electron chi connectivity index (χ2n) is 8.96. The summed E-state index contributed by atoms with van der Waals surface area (Å²) in [4.78, 5) is 10.6. The Balaban J connectivity index is 1.76. The van der Waals surface area contributed by atoms with E-state index in [2.05, 4.69) is 79.0 Å². The van der Waals surface area contributed by atoms with Gasteiger partial charge in [-0.2, -0.15) is 0 Å². The first-order valence-corrected chi connectivity index (χ1v) is 10.5. The monoisotopic (exact) mass is 380 g/mol. The second-order valence-corrected chi connectivity index (χ2v) is 9.82. The smallest absolute Gasteiger partial charge is 0.139 e. The Morgan fingerprint density at radius 1 is 1.04 bits per heavy atom. The highest BCUT2D eigenvalue weighted by Crippen LogP contribution is 2.38. The minimum absolute atomic E-state index is 0.0948. The number of aromatic nitrogens is 2. The van der Waals surface area contributed by atoms with E-state index < -0.39 is 0 Å². The van der Waals surface area contributed by atoms with Crippen molar-refractivity contribution in [3.05, 3.63) is 41.5 Å². The van der Waals surface area contributed by atoms with Gasteiger partial charge in [0, 0.05) is 28.1 Å². The fourth-order valence-corrected chi connectivity index (χ4v) is 5.59. The van der Waals surface area contributed by atoms with Gasteiger partial charge in [0.05, 0.1) is 5.39 Å². The van der Waals surface area contributed by atoms with E-state index in [1.165, 1.54) is 11.1 Å². The van der Waals surface area contributed by atoms with Crippen LogP contribution in [0.25, 0.3) is 21.3 Å². The molecule has 2 N–H and O–H groups in total. The topological polar surface area (TPSA) is 49.8 Å². The average molecular weight is 381 g/mol. The number of aryl methyl sites for hydroxylation is 1. The third-order valence-electron chi connectivity index (χ3n) is 5.16. The van der Waals surface area contributed by atoms with Gasteiger partial charge in [0.15, 0.2) is 0 Å². The number of benzene rings is 1. The van der Waals surface area contributed by atoms with Gasteiger partial charge in [-0.3, -0.25) is 0 Å². The van der Waals surface area contributed by atoms with Crippen LogP contribution >= 0.6 is 11.3 Å². The number of fused-ring (bicyclic) bond motifs is 1. The van der Waals surface area contributed by atoms with E-state index in [-0.39, 0.29) is 11.1 Å². The van der Waals surface area contributed by atoms with Crippen molar-refractivity contribution >= 4 is 27.4 Å². The Morgan fingerprint density at radius 3 is 2.37 bits per heavy atom. The maximum Gasteiger partial charge on any atom is 0.139 e. The number of rotatable bonds is 3. The van der Waals surface area contributed by atoms with Gasteiger partial charge in [0.25, 0.3) is 0 Å². The predicted octanol–water partition coefficient (Wildman–Crippen LogP) is 5.39. The van der Waals surface area contributed by atoms with E-state index >= 15 is 0 Å². The van der Waals surface area contributed by atoms with Crippen LogP contribution < -0.4 is 10.6 Å². The Kier molecular flexibility index (Phi) is 4.47. The number of thiophene rings is 1. The van der Waals surface area contributed by atoms with Crippen molar-refractivity contribution in [3.8, 4) is 11.1 Å². The summed E-state index contributed by atoms with van der Waals surface area (Å²) < 4.78 is 0. The lowest BCUT2D eigenvalue weighted by Crippen LogP contribution is -2.60. The highest BCUT2D eigenvalue weighted by atomic mass is 32.1. The molecule has 3 heterocycles. The molecule has 3 aromatic rings. The molecule has 1 aliphatic heterocycles. The third kappa shape index (κ3) is 3.85. The molecule has 1 aromatic carbocycles. The SMILES string of the molecule is Cc1nc(NC2CC(C)(C)NC(C)(C)C2)c2c(-c3ccccc3)csc2n1. The van der Waals surface area contributed by atoms with Gasteiger partial charge >= 0.3 is 0 Å². The minimum Gasteiger partial charge on any atom is -0.367 e. The van der Waals surface area contributed by atoms with Gasteiger partial charge in [-0.05, 0) is 53.0 Å². The van der Waals surface area contributed by atoms with Crippen LogP contribution in [0.2, 0.25) is 0 Å². The number of nitrogens with zero attached hydrogens (tertiary/aromatic N) is 2. The minimum atomic E-state index is 0.0948. The zero-order valence-electron chi connectivity index (χ0n) is 16.8. The molecular formula is C22H28N4S. The van der Waals surface area contributed by atoms with Crippen LogP contribution in [0.15, 0.2) is 35.7 Å². The molecule has 4 rings (SSSR count). The van der Waals surface area contributed by atoms with E-state index in [1.54, 1.807) is 11.3 Å². The number of anilines is 1. The fraction of sp³-hybridized carbons (Fsp3) is 0.455. The molecule has 0 spiro atoms. The number of nitrogens with one attached hydrogen (secondary N) is 2. The molecular weight excluding hydrogens is 352 g/mol. The first kappa shape index (κ1) is 18.4. The highest BCUT2D eigenvalue weighted by molar-refractivity contribution is 7.17. The van der Waals surface area contributed by atoms with Crippen molar-refractivity contribution in [2.24, 2.45) is 0 Å². The Hall–Kier alpha value is -1.98. The third-order valence-corrected chi connectivity index (χ3v) is 6.03. The lowest BCUT2D eigenvalue weighted by Gasteiger charge is -2.46. The average Bonchev–Trinajstić information content (AvgIpc) is 2.96. The first-order chi connectivity index (χ1) is 12.7. The molecule has 1 aliphatic rings. The van der Waals surface area contributed by atoms with Gasteiger partial charge < -0.3 is 10.6 Å². The molecule has 4 nitrogen and oxygen atoms in total. The lowest BCUT2D eigenvalue weighted by atomic mass is 9.79. The van der Waals surface area contributed by atoms with Crippen LogP contribution in [0.1, 0.15) is 46.4 Å². The fourth-order valence-electron chi connectivity index (χ4n) is 4.60. The van der Waals surface area contributed by atoms with Gasteiger partial charge in [-0.1, -0.05) is 30.3 Å². The molecule has 0 unspecified atom stereocenters. The summed E-state index contributed by atoms with van der Waals surface area (Å²) in [6, 6.07) is 10.9. The summed E-state index contributed by atoms with van der Waals surface area (Å²) in [6.45, 7) is 11.1. The molecule has 0 saturated carbocycles. The van der Waals surface area contributed by atoms with Crippen LogP contribution in [-0.4, -0.2) is 27.1 Å². The van der Waals surface area contributed by atoms with Gasteiger partial charge in [0.2, 0.25) is 0 Å². The Labute approximate surface area is 165 Å². The zero-order chi connectivity index (χ0) is 19.2. The van der Waals surface area contributed by atoms with E-state index in [4.69, 9.17) is 4.98 Å². The summed E-state index contributed by atoms with van der Waals surface area (Å²) in [7, 11) is 0. The molecule has 0 amide bonds. The molecule has 142 valence electrons. The van der Waals surface area contributed by atoms with Crippen LogP contribution in [-0.2, 0) is 0 Å². The van der Waals surface area contributed by atoms with Gasteiger partial charge in [0.1, 0.15) is 16.5 Å². The van der Waals surface area contributed by atoms with Crippen molar-refractivity contribution in [3.63, 3.8) is 0 Å². The molecule has 2 aromatic heterocycles. The molecule has 5 heteroatoms. The number of hydrogen-bond acceptors (Lipinski definition) is 5. The van der Waals surface area contributed by atoms with Crippen molar-refractivity contribution in [1.82, 2.24) is 15.3 Å². The molecule has 0 radical (unpaired) electrons. The number of hydrogen-bond donors (Lipinski definition) is 2. The van der Waals surface area contributed by atoms with Crippen LogP contribution in [0.3, 0.4) is 0 Å². The zero-order valence-corrected chi connectivity index (χ0v) is 17.6. The maximum absolute atomic E-state index is 4.81. The summed E-state index contributed by atoms with van der Waals surface area (Å²) in [5.74, 6) is 1.79. The standard InChI is InChI=1S/C22H28N4S/c1-14-23-19(25-16-11-21(2,3)26-22(4,5)12-16)18-17(13-27-20(18)24-14)15-9-7-6-8-10-15/h6-10,13,16,26H,11-12H2,1-5H3,(H,23,24,25). The Bertz CT molecular complexity index is 943. The van der Waals surface area contributed by atoms with Gasteiger partial charge in [-0.25, -0.2) is 9.97 Å². The summed E-state index contributed by atoms with van der Waals surface area (Å²) >= 11 is 1.70. The normalized spacial score (nSPS) is 19.3. The van der Waals surface area contributed by atoms with Crippen LogP contribution in [0.4, 0.5) is 5.82 Å². The Morgan fingerprint density at radius 2 is 1.70 bits per heavy atom. The van der Waals surface area contributed by atoms with E-state index in [0.717, 1.165) is 34.7 Å². The largest absolute Gasteiger partial charge is 0.367 e. The molecule has 1 saturated heterocycles. The predicted molar refractivity (Wildman–Crippen MR) is 116 cm³/mol. The lowest BCUT2D eigenvalue weighted by molar-refractivity contribution is 0.170. The van der Waals surface area contributed by atoms with E-state index in [0.29, 0.717) is 6.04 Å². The summed E-state index contributed by atoms with van der Waals surface area (Å²) in [5, 5.41) is 10.9. The summed E-state index contributed by atoms with van der Waals surface area (Å²) in [6.07, 6.45) is 2.12. The molecule has 0 aliphatic carbocycles. The highest BCUT2D eigenvalue weighted by Gasteiger charge is 2.38. The maximum atomic E-state index is 4.81. The van der Waals surface area contributed by atoms with E-state index in [1.807, 2.05) is 6.92 Å². The molecule has 0 atom stereocenters.